The van der Waals surface area contributed by atoms with Gasteiger partial charge in [-0.25, -0.2) is 26.4 Å². The molecule has 15 nitrogen and oxygen atoms in total. The lowest BCUT2D eigenvalue weighted by atomic mass is 9.97. The minimum Gasteiger partial charge on any atom is -0.410 e. The Morgan fingerprint density at radius 3 is 1.44 bits per heavy atom. The molecule has 0 saturated carbocycles. The molecule has 2 aliphatic heterocycles. The zero-order chi connectivity index (χ0) is 52.4. The Kier molecular flexibility index (Phi) is 20.1. The maximum atomic E-state index is 15.0. The van der Waals surface area contributed by atoms with Crippen molar-refractivity contribution in [2.45, 2.75) is 65.8 Å². The van der Waals surface area contributed by atoms with Crippen LogP contribution in [0.2, 0.25) is 0 Å². The smallest absolute Gasteiger partial charge is 0.410 e. The van der Waals surface area contributed by atoms with E-state index in [1.165, 1.54) is 35.8 Å². The second-order valence-electron chi connectivity index (χ2n) is 15.2. The number of halogens is 12. The Morgan fingerprint density at radius 2 is 1.04 bits per heavy atom. The summed E-state index contributed by atoms with van der Waals surface area (Å²) >= 11 is 5.34. The Morgan fingerprint density at radius 1 is 0.611 bits per heavy atom. The molecule has 392 valence electrons. The Hall–Kier alpha value is -5.52. The number of alkyl halides is 10. The molecular formula is C43H42Br2F10N8O7S2. The van der Waals surface area contributed by atoms with Gasteiger partial charge >= 0.3 is 35.0 Å². The molecule has 3 amide bonds. The first-order chi connectivity index (χ1) is 33.2. The van der Waals surface area contributed by atoms with Gasteiger partial charge in [-0.05, 0) is 131 Å². The van der Waals surface area contributed by atoms with Gasteiger partial charge in [0.05, 0.1) is 57.1 Å². The third-order valence-electron chi connectivity index (χ3n) is 10.5. The standard InChI is InChI=1S/C18H16BrF5N4O3S.C13H13BrF5NO2S.C11H9N3O2.CH4/c19-14-9-12(17(20,21)22)1-2-15(14)32(30,31)18(23,24)11-4-7-28(8-5-11)16(29)27-13-3-6-25-26-10-13;14-10-7-9(12(15,16)17)1-2-11(10)23(21,22)13(18,19)8-3-5-20-6-4-8;15-11(14-9-6-7-12-13-8-9)16-10-4-2-1-3-5-10;/h1-3,6,9-11H,4-5,7-8H2,(H,25,27,29);1-2,7-8,20H,3-6H2;1-8H,(H,12,14,15);1H4. The normalized spacial score (nSPS) is 15.1. The summed E-state index contributed by atoms with van der Waals surface area (Å²) < 4.78 is 189. The number of amides is 3. The lowest BCUT2D eigenvalue weighted by molar-refractivity contribution is -0.138. The molecule has 29 heteroatoms. The molecule has 4 heterocycles. The average Bonchev–Trinajstić information content (AvgIpc) is 3.32. The first kappa shape index (κ1) is 59.0. The summed E-state index contributed by atoms with van der Waals surface area (Å²) in [5, 5.41) is 14.0. The van der Waals surface area contributed by atoms with Gasteiger partial charge < -0.3 is 20.3 Å². The monoisotopic (exact) mass is 1190 g/mol. The van der Waals surface area contributed by atoms with Crippen LogP contribution in [0.3, 0.4) is 0 Å². The summed E-state index contributed by atoms with van der Waals surface area (Å²) in [6, 6.07) is 14.3. The topological polar surface area (TPSA) is 203 Å². The van der Waals surface area contributed by atoms with E-state index in [0.717, 1.165) is 0 Å². The van der Waals surface area contributed by atoms with Crippen LogP contribution in [0, 0.1) is 11.8 Å². The molecule has 72 heavy (non-hydrogen) atoms. The number of ether oxygens (including phenoxy) is 1. The molecule has 5 aromatic rings. The molecule has 2 fully saturated rings. The predicted octanol–water partition coefficient (Wildman–Crippen LogP) is 11.1. The zero-order valence-electron chi connectivity index (χ0n) is 36.1. The SMILES string of the molecule is C.O=C(Nc1ccnnc1)N1CCC(C(F)(F)S(=O)(=O)c2ccc(C(F)(F)F)cc2Br)CC1.O=C(Nc1ccnnc1)Oc1ccccc1.O=S(=O)(c1ccc(C(F)(F)F)cc1Br)C(F)(F)C1CCNCC1. The van der Waals surface area contributed by atoms with Crippen molar-refractivity contribution in [3.63, 3.8) is 0 Å². The number of piperidine rings is 2. The summed E-state index contributed by atoms with van der Waals surface area (Å²) in [6.07, 6.45) is -5.10. The summed E-state index contributed by atoms with van der Waals surface area (Å²) in [5.41, 5.74) is -1.40. The van der Waals surface area contributed by atoms with Crippen LogP contribution in [0.15, 0.2) is 122 Å². The molecule has 3 aromatic carbocycles. The number of aromatic nitrogens is 4. The largest absolute Gasteiger partial charge is 0.417 e. The quantitative estimate of drug-likeness (QED) is 0.118. The summed E-state index contributed by atoms with van der Waals surface area (Å²) in [4.78, 5) is 23.2. The van der Waals surface area contributed by atoms with Crippen molar-refractivity contribution >= 4 is 75.0 Å². The number of benzene rings is 3. The van der Waals surface area contributed by atoms with Gasteiger partial charge in [0, 0.05) is 33.9 Å². The number of nitrogens with one attached hydrogen (secondary N) is 3. The summed E-state index contributed by atoms with van der Waals surface area (Å²) in [6.45, 7) is 0.274. The highest BCUT2D eigenvalue weighted by atomic mass is 79.9. The van der Waals surface area contributed by atoms with E-state index in [9.17, 15) is 70.3 Å². The fourth-order valence-corrected chi connectivity index (χ4v) is 11.9. The number of likely N-dealkylation sites (tertiary alicyclic amines) is 1. The molecular weight excluding hydrogens is 1150 g/mol. The number of hydrogen-bond donors (Lipinski definition) is 3. The number of para-hydroxylation sites is 1. The van der Waals surface area contributed by atoms with E-state index in [4.69, 9.17) is 4.74 Å². The van der Waals surface area contributed by atoms with Crippen molar-refractivity contribution in [3.05, 3.63) is 124 Å². The van der Waals surface area contributed by atoms with Gasteiger partial charge in [-0.1, -0.05) is 25.6 Å². The Balaban J connectivity index is 0.000000247. The molecule has 2 saturated heterocycles. The van der Waals surface area contributed by atoms with Crippen molar-refractivity contribution in [2.75, 3.05) is 36.8 Å². The third-order valence-corrected chi connectivity index (χ3v) is 16.3. The van der Waals surface area contributed by atoms with Gasteiger partial charge in [0.2, 0.25) is 19.7 Å². The van der Waals surface area contributed by atoms with Crippen LogP contribution in [0.1, 0.15) is 44.2 Å². The van der Waals surface area contributed by atoms with E-state index in [2.05, 4.69) is 68.2 Å². The third kappa shape index (κ3) is 14.8. The fourth-order valence-electron chi connectivity index (χ4n) is 6.77. The van der Waals surface area contributed by atoms with E-state index in [1.807, 2.05) is 6.07 Å². The molecule has 0 bridgehead atoms. The highest BCUT2D eigenvalue weighted by Gasteiger charge is 2.55. The van der Waals surface area contributed by atoms with E-state index in [1.54, 1.807) is 30.3 Å². The van der Waals surface area contributed by atoms with Crippen LogP contribution < -0.4 is 20.7 Å². The first-order valence-electron chi connectivity index (χ1n) is 20.5. The van der Waals surface area contributed by atoms with Crippen LogP contribution >= 0.6 is 31.9 Å². The van der Waals surface area contributed by atoms with Crippen molar-refractivity contribution in [1.82, 2.24) is 30.6 Å². The number of nitrogens with zero attached hydrogens (tertiary/aromatic N) is 5. The highest BCUT2D eigenvalue weighted by molar-refractivity contribution is 9.10. The second-order valence-corrected chi connectivity index (χ2v) is 20.9. The van der Waals surface area contributed by atoms with Crippen molar-refractivity contribution in [3.8, 4) is 5.75 Å². The van der Waals surface area contributed by atoms with Gasteiger partial charge in [0.15, 0.2) is 0 Å². The molecule has 2 aliphatic rings. The van der Waals surface area contributed by atoms with Crippen LogP contribution in [-0.4, -0.2) is 90.9 Å². The maximum absolute atomic E-state index is 15.0. The first-order valence-corrected chi connectivity index (χ1v) is 25.0. The maximum Gasteiger partial charge on any atom is 0.417 e. The molecule has 0 radical (unpaired) electrons. The number of urea groups is 1. The number of hydrogen-bond acceptors (Lipinski definition) is 12. The van der Waals surface area contributed by atoms with Crippen LogP contribution in [-0.2, 0) is 32.0 Å². The number of carbonyl (C=O) groups excluding carboxylic acids is 2. The Labute approximate surface area is 422 Å². The minimum atomic E-state index is -5.30. The van der Waals surface area contributed by atoms with E-state index < -0.39 is 96.4 Å². The number of anilines is 2. The predicted molar refractivity (Wildman–Crippen MR) is 248 cm³/mol. The Bertz CT molecular complexity index is 2790. The summed E-state index contributed by atoms with van der Waals surface area (Å²) in [5.74, 6) is -2.50. The highest BCUT2D eigenvalue weighted by Crippen LogP contribution is 2.45. The van der Waals surface area contributed by atoms with Crippen molar-refractivity contribution in [1.29, 1.82) is 0 Å². The van der Waals surface area contributed by atoms with E-state index >= 15 is 0 Å². The number of rotatable bonds is 9. The van der Waals surface area contributed by atoms with Crippen LogP contribution in [0.25, 0.3) is 0 Å². The molecule has 7 rings (SSSR count). The fraction of sp³-hybridized carbons (Fsp3) is 0.349. The van der Waals surface area contributed by atoms with Gasteiger partial charge in [0.25, 0.3) is 0 Å². The molecule has 0 atom stereocenters. The zero-order valence-corrected chi connectivity index (χ0v) is 40.9. The average molecular weight is 1200 g/mol. The second kappa shape index (κ2) is 24.5. The molecule has 0 spiro atoms. The molecule has 3 N–H and O–H groups in total. The van der Waals surface area contributed by atoms with Crippen molar-refractivity contribution < 1.29 is 75.1 Å². The molecule has 0 unspecified atom stereocenters. The van der Waals surface area contributed by atoms with Gasteiger partial charge in [-0.15, -0.1) is 0 Å². The summed E-state index contributed by atoms with van der Waals surface area (Å²) in [7, 11) is -10.4. The van der Waals surface area contributed by atoms with Gasteiger partial charge in [-0.3, -0.25) is 5.32 Å². The lowest BCUT2D eigenvalue weighted by Crippen LogP contribution is -2.47. The van der Waals surface area contributed by atoms with E-state index in [0.29, 0.717) is 53.5 Å². The van der Waals surface area contributed by atoms with Gasteiger partial charge in [0.1, 0.15) is 5.75 Å². The molecule has 0 aliphatic carbocycles. The number of sulfone groups is 2. The number of carbonyl (C=O) groups is 2. The van der Waals surface area contributed by atoms with Crippen LogP contribution in [0.4, 0.5) is 64.9 Å². The van der Waals surface area contributed by atoms with Crippen molar-refractivity contribution in [2.24, 2.45) is 11.8 Å². The minimum absolute atomic E-state index is 0. The molecule has 2 aromatic heterocycles. The van der Waals surface area contributed by atoms with Crippen LogP contribution in [0.5, 0.6) is 5.75 Å². The van der Waals surface area contributed by atoms with E-state index in [-0.39, 0.29) is 59.3 Å². The lowest BCUT2D eigenvalue weighted by Gasteiger charge is -2.35. The van der Waals surface area contributed by atoms with Gasteiger partial charge in [-0.2, -0.15) is 64.3 Å².